The summed E-state index contributed by atoms with van der Waals surface area (Å²) in [5, 5.41) is 3.45. The molecule has 0 bridgehead atoms. The van der Waals surface area contributed by atoms with Crippen molar-refractivity contribution in [2.75, 3.05) is 14.2 Å². The lowest BCUT2D eigenvalue weighted by atomic mass is 9.93. The van der Waals surface area contributed by atoms with E-state index in [0.717, 1.165) is 12.2 Å². The summed E-state index contributed by atoms with van der Waals surface area (Å²) in [6.45, 7) is 6.39. The lowest BCUT2D eigenvalue weighted by Crippen LogP contribution is -2.19. The number of hydrogen-bond acceptors (Lipinski definition) is 2. The maximum absolute atomic E-state index is 5.46. The standard InChI is InChI=1S/C19H25NO/c1-13-8-6-7-9-16(13)12-18(20-4)17-10-14(2)19(21-5)15(3)11-17/h6-11,18,20H,12H2,1-5H3. The average Bonchev–Trinajstić information content (AvgIpc) is 2.46. The molecule has 0 radical (unpaired) electrons. The number of nitrogens with one attached hydrogen (secondary N) is 1. The van der Waals surface area contributed by atoms with E-state index in [2.05, 4.69) is 62.5 Å². The molecule has 2 heteroatoms. The molecular formula is C19H25NO. The van der Waals surface area contributed by atoms with Crippen molar-refractivity contribution in [2.24, 2.45) is 0 Å². The van der Waals surface area contributed by atoms with Gasteiger partial charge in [-0.2, -0.15) is 0 Å². The molecule has 0 aliphatic rings. The first-order valence-electron chi connectivity index (χ1n) is 7.43. The fourth-order valence-electron chi connectivity index (χ4n) is 2.95. The first-order valence-corrected chi connectivity index (χ1v) is 7.43. The van der Waals surface area contributed by atoms with Gasteiger partial charge < -0.3 is 10.1 Å². The molecule has 0 aliphatic heterocycles. The average molecular weight is 283 g/mol. The Balaban J connectivity index is 2.32. The second-order valence-electron chi connectivity index (χ2n) is 5.66. The minimum Gasteiger partial charge on any atom is -0.496 e. The molecule has 0 amide bonds. The molecule has 0 saturated carbocycles. The minimum absolute atomic E-state index is 0.314. The molecule has 2 aromatic rings. The van der Waals surface area contributed by atoms with E-state index in [1.807, 2.05) is 7.05 Å². The third kappa shape index (κ3) is 3.45. The predicted molar refractivity (Wildman–Crippen MR) is 89.2 cm³/mol. The Kier molecular flexibility index (Phi) is 5.03. The third-order valence-corrected chi connectivity index (χ3v) is 4.12. The van der Waals surface area contributed by atoms with Crippen molar-refractivity contribution in [3.05, 3.63) is 64.2 Å². The van der Waals surface area contributed by atoms with Crippen LogP contribution in [0.4, 0.5) is 0 Å². The highest BCUT2D eigenvalue weighted by Crippen LogP contribution is 2.29. The van der Waals surface area contributed by atoms with Crippen molar-refractivity contribution in [2.45, 2.75) is 33.2 Å². The van der Waals surface area contributed by atoms with Gasteiger partial charge in [-0.3, -0.25) is 0 Å². The van der Waals surface area contributed by atoms with Crippen LogP contribution in [0.5, 0.6) is 5.75 Å². The maximum Gasteiger partial charge on any atom is 0.124 e. The number of methoxy groups -OCH3 is 1. The van der Waals surface area contributed by atoms with Gasteiger partial charge in [-0.05, 0) is 62.1 Å². The minimum atomic E-state index is 0.314. The first kappa shape index (κ1) is 15.6. The molecule has 0 aromatic heterocycles. The van der Waals surface area contributed by atoms with Gasteiger partial charge in [-0.25, -0.2) is 0 Å². The van der Waals surface area contributed by atoms with Gasteiger partial charge in [-0.1, -0.05) is 36.4 Å². The molecule has 1 N–H and O–H groups in total. The largest absolute Gasteiger partial charge is 0.496 e. The van der Waals surface area contributed by atoms with Crippen LogP contribution in [0.3, 0.4) is 0 Å². The van der Waals surface area contributed by atoms with Gasteiger partial charge in [0.1, 0.15) is 5.75 Å². The summed E-state index contributed by atoms with van der Waals surface area (Å²) in [6, 6.07) is 13.4. The van der Waals surface area contributed by atoms with Crippen LogP contribution < -0.4 is 10.1 Å². The molecule has 0 heterocycles. The second kappa shape index (κ2) is 6.77. The van der Waals surface area contributed by atoms with Crippen LogP contribution in [0.15, 0.2) is 36.4 Å². The normalized spacial score (nSPS) is 12.2. The molecule has 0 saturated heterocycles. The van der Waals surface area contributed by atoms with E-state index in [1.165, 1.54) is 27.8 Å². The highest BCUT2D eigenvalue weighted by Gasteiger charge is 2.14. The summed E-state index contributed by atoms with van der Waals surface area (Å²) in [7, 11) is 3.76. The van der Waals surface area contributed by atoms with Crippen molar-refractivity contribution in [1.29, 1.82) is 0 Å². The summed E-state index contributed by atoms with van der Waals surface area (Å²) < 4.78 is 5.46. The van der Waals surface area contributed by atoms with Crippen molar-refractivity contribution in [3.63, 3.8) is 0 Å². The summed E-state index contributed by atoms with van der Waals surface area (Å²) in [4.78, 5) is 0. The number of benzene rings is 2. The third-order valence-electron chi connectivity index (χ3n) is 4.12. The lowest BCUT2D eigenvalue weighted by Gasteiger charge is -2.20. The van der Waals surface area contributed by atoms with Crippen LogP contribution >= 0.6 is 0 Å². The topological polar surface area (TPSA) is 21.3 Å². The Bertz CT molecular complexity index is 596. The Morgan fingerprint density at radius 2 is 1.62 bits per heavy atom. The van der Waals surface area contributed by atoms with E-state index in [-0.39, 0.29) is 0 Å². The molecule has 1 unspecified atom stereocenters. The molecule has 112 valence electrons. The lowest BCUT2D eigenvalue weighted by molar-refractivity contribution is 0.408. The van der Waals surface area contributed by atoms with E-state index in [4.69, 9.17) is 4.74 Å². The van der Waals surface area contributed by atoms with Crippen LogP contribution in [0.25, 0.3) is 0 Å². The fourth-order valence-corrected chi connectivity index (χ4v) is 2.95. The fraction of sp³-hybridized carbons (Fsp3) is 0.368. The zero-order chi connectivity index (χ0) is 15.4. The molecular weight excluding hydrogens is 258 g/mol. The van der Waals surface area contributed by atoms with Crippen molar-refractivity contribution in [3.8, 4) is 5.75 Å². The Labute approximate surface area is 128 Å². The van der Waals surface area contributed by atoms with Crippen molar-refractivity contribution in [1.82, 2.24) is 5.32 Å². The summed E-state index contributed by atoms with van der Waals surface area (Å²) in [6.07, 6.45) is 0.994. The van der Waals surface area contributed by atoms with Gasteiger partial charge >= 0.3 is 0 Å². The predicted octanol–water partition coefficient (Wildman–Crippen LogP) is 4.12. The van der Waals surface area contributed by atoms with Crippen LogP contribution in [0.2, 0.25) is 0 Å². The smallest absolute Gasteiger partial charge is 0.124 e. The van der Waals surface area contributed by atoms with Crippen LogP contribution in [0.1, 0.15) is 33.9 Å². The monoisotopic (exact) mass is 283 g/mol. The highest BCUT2D eigenvalue weighted by atomic mass is 16.5. The van der Waals surface area contributed by atoms with Crippen LogP contribution in [-0.2, 0) is 6.42 Å². The molecule has 0 aliphatic carbocycles. The molecule has 2 nitrogen and oxygen atoms in total. The molecule has 0 fully saturated rings. The molecule has 1 atom stereocenters. The van der Waals surface area contributed by atoms with Gasteiger partial charge in [0, 0.05) is 6.04 Å². The zero-order valence-electron chi connectivity index (χ0n) is 13.7. The Hall–Kier alpha value is -1.80. The Morgan fingerprint density at radius 3 is 2.14 bits per heavy atom. The van der Waals surface area contributed by atoms with E-state index in [1.54, 1.807) is 7.11 Å². The summed E-state index contributed by atoms with van der Waals surface area (Å²) in [5.74, 6) is 0.990. The van der Waals surface area contributed by atoms with Crippen molar-refractivity contribution >= 4 is 0 Å². The number of aryl methyl sites for hydroxylation is 3. The Morgan fingerprint density at radius 1 is 1.00 bits per heavy atom. The van der Waals surface area contributed by atoms with Gasteiger partial charge in [-0.15, -0.1) is 0 Å². The number of ether oxygens (including phenoxy) is 1. The first-order chi connectivity index (χ1) is 10.1. The zero-order valence-corrected chi connectivity index (χ0v) is 13.7. The molecule has 2 rings (SSSR count). The van der Waals surface area contributed by atoms with E-state index in [0.29, 0.717) is 6.04 Å². The summed E-state index contributed by atoms with van der Waals surface area (Å²) in [5.41, 5.74) is 6.44. The van der Waals surface area contributed by atoms with E-state index >= 15 is 0 Å². The van der Waals surface area contributed by atoms with Gasteiger partial charge in [0.25, 0.3) is 0 Å². The number of hydrogen-bond donors (Lipinski definition) is 1. The number of likely N-dealkylation sites (N-methyl/N-ethyl adjacent to an activating group) is 1. The van der Waals surface area contributed by atoms with Gasteiger partial charge in [0.2, 0.25) is 0 Å². The van der Waals surface area contributed by atoms with E-state index in [9.17, 15) is 0 Å². The maximum atomic E-state index is 5.46. The van der Waals surface area contributed by atoms with Crippen LogP contribution in [0, 0.1) is 20.8 Å². The van der Waals surface area contributed by atoms with E-state index < -0.39 is 0 Å². The van der Waals surface area contributed by atoms with Crippen molar-refractivity contribution < 1.29 is 4.74 Å². The highest BCUT2D eigenvalue weighted by molar-refractivity contribution is 5.44. The number of rotatable bonds is 5. The molecule has 2 aromatic carbocycles. The molecule has 0 spiro atoms. The van der Waals surface area contributed by atoms with Gasteiger partial charge in [0.15, 0.2) is 0 Å². The molecule has 21 heavy (non-hydrogen) atoms. The van der Waals surface area contributed by atoms with Gasteiger partial charge in [0.05, 0.1) is 7.11 Å². The summed E-state index contributed by atoms with van der Waals surface area (Å²) >= 11 is 0. The SMILES string of the molecule is CNC(Cc1ccccc1C)c1cc(C)c(OC)c(C)c1. The second-order valence-corrected chi connectivity index (χ2v) is 5.66. The quantitative estimate of drug-likeness (QED) is 0.891. The van der Waals surface area contributed by atoms with Crippen LogP contribution in [-0.4, -0.2) is 14.2 Å².